The van der Waals surface area contributed by atoms with E-state index in [9.17, 15) is 14.7 Å². The van der Waals surface area contributed by atoms with Gasteiger partial charge in [-0.2, -0.15) is 0 Å². The number of esters is 1. The Morgan fingerprint density at radius 1 is 0.744 bits per heavy atom. The van der Waals surface area contributed by atoms with Crippen LogP contribution in [0.2, 0.25) is 0 Å². The quantitative estimate of drug-likeness (QED) is 0.148. The molecule has 2 aliphatic rings. The van der Waals surface area contributed by atoms with E-state index in [-0.39, 0.29) is 11.7 Å². The summed E-state index contributed by atoms with van der Waals surface area (Å²) < 4.78 is 5.65. The van der Waals surface area contributed by atoms with Gasteiger partial charge in [-0.1, -0.05) is 86.4 Å². The van der Waals surface area contributed by atoms with Gasteiger partial charge < -0.3 is 4.74 Å². The van der Waals surface area contributed by atoms with Crippen LogP contribution in [0.25, 0.3) is 27.8 Å². The van der Waals surface area contributed by atoms with Gasteiger partial charge in [0, 0.05) is 12.8 Å². The van der Waals surface area contributed by atoms with Gasteiger partial charge in [0.25, 0.3) is 0 Å². The van der Waals surface area contributed by atoms with E-state index in [1.807, 2.05) is 30.6 Å². The van der Waals surface area contributed by atoms with E-state index in [4.69, 9.17) is 4.74 Å². The zero-order chi connectivity index (χ0) is 27.0. The van der Waals surface area contributed by atoms with Crippen LogP contribution in [-0.2, 0) is 19.4 Å². The van der Waals surface area contributed by atoms with Gasteiger partial charge in [-0.05, 0) is 88.1 Å². The van der Waals surface area contributed by atoms with E-state index in [2.05, 4.69) is 48.5 Å². The molecule has 0 saturated heterocycles. The van der Waals surface area contributed by atoms with Crippen LogP contribution >= 0.6 is 0 Å². The van der Waals surface area contributed by atoms with Crippen molar-refractivity contribution in [1.82, 2.24) is 0 Å². The van der Waals surface area contributed by atoms with Gasteiger partial charge in [-0.25, -0.2) is 0 Å². The molecule has 5 rings (SSSR count). The molecule has 196 valence electrons. The molecule has 0 bridgehead atoms. The van der Waals surface area contributed by atoms with Gasteiger partial charge in [0.05, 0.1) is 0 Å². The standard InChI is InChI=1S/C35H32O4/c36-24-9-5-3-1-2-4-6-15-33(38)39-28-22-18-26(19-23-28)34-31-12-8-7-11-30(31)32-14-10-13-29(35(32)34)25-16-20-27(37)21-17-25/h7-8,10-14,16-18,20-23H,1-6,9,15,19H2. The van der Waals surface area contributed by atoms with E-state index >= 15 is 0 Å². The molecule has 0 saturated carbocycles. The predicted octanol–water partition coefficient (Wildman–Crippen LogP) is 8.90. The molecule has 0 fully saturated rings. The third-order valence-electron chi connectivity index (χ3n) is 7.40. The zero-order valence-electron chi connectivity index (χ0n) is 22.1. The van der Waals surface area contributed by atoms with Gasteiger partial charge in [0.1, 0.15) is 5.76 Å². The number of allylic oxidation sites excluding steroid dienone is 4. The molecule has 0 aliphatic heterocycles. The van der Waals surface area contributed by atoms with E-state index in [1.165, 1.54) is 33.4 Å². The third kappa shape index (κ3) is 6.12. The number of unbranched alkanes of at least 4 members (excludes halogenated alkanes) is 6. The summed E-state index contributed by atoms with van der Waals surface area (Å²) in [5, 5.41) is 11.7. The van der Waals surface area contributed by atoms with Crippen LogP contribution in [0.3, 0.4) is 0 Å². The Balaban J connectivity index is 1.30. The number of carbonyl (C=O) groups excluding carboxylic acids is 2. The normalized spacial score (nSPS) is 15.4. The number of carbonyl (C=O) groups is 1. The highest BCUT2D eigenvalue weighted by Gasteiger charge is 2.28. The van der Waals surface area contributed by atoms with Gasteiger partial charge in [0.2, 0.25) is 0 Å². The molecule has 2 radical (unpaired) electrons. The fourth-order valence-corrected chi connectivity index (χ4v) is 5.47. The average molecular weight is 517 g/mol. The Morgan fingerprint density at radius 2 is 1.44 bits per heavy atom. The minimum absolute atomic E-state index is 0.000544. The predicted molar refractivity (Wildman–Crippen MR) is 154 cm³/mol. The first-order valence-corrected chi connectivity index (χ1v) is 13.8. The Bertz CT molecular complexity index is 1440. The van der Waals surface area contributed by atoms with Gasteiger partial charge in [0.15, 0.2) is 12.0 Å². The third-order valence-corrected chi connectivity index (χ3v) is 7.40. The van der Waals surface area contributed by atoms with Crippen LogP contribution in [0.5, 0.6) is 5.75 Å². The first-order chi connectivity index (χ1) is 19.2. The Hall–Kier alpha value is -4.18. The number of hydrogen-bond acceptors (Lipinski definition) is 3. The molecule has 39 heavy (non-hydrogen) atoms. The maximum absolute atomic E-state index is 12.4. The number of benzene rings is 3. The van der Waals surface area contributed by atoms with Crippen molar-refractivity contribution in [3.8, 4) is 28.0 Å². The second kappa shape index (κ2) is 12.6. The van der Waals surface area contributed by atoms with Crippen molar-refractivity contribution in [3.63, 3.8) is 0 Å². The Labute approximate surface area is 230 Å². The van der Waals surface area contributed by atoms with Crippen LogP contribution in [0.15, 0.2) is 96.3 Å². The lowest BCUT2D eigenvalue weighted by atomic mass is 9.89. The summed E-state index contributed by atoms with van der Waals surface area (Å²) >= 11 is 0. The Kier molecular flexibility index (Phi) is 8.52. The highest BCUT2D eigenvalue weighted by atomic mass is 16.5. The lowest BCUT2D eigenvalue weighted by Crippen LogP contribution is -2.05. The summed E-state index contributed by atoms with van der Waals surface area (Å²) in [7, 11) is 0. The topological polar surface area (TPSA) is 63.3 Å². The highest BCUT2D eigenvalue weighted by molar-refractivity contribution is 6.07. The summed E-state index contributed by atoms with van der Waals surface area (Å²) in [4.78, 5) is 22.6. The first kappa shape index (κ1) is 26.4. The molecular weight excluding hydrogens is 484 g/mol. The number of rotatable bonds is 11. The van der Waals surface area contributed by atoms with E-state index in [1.54, 1.807) is 12.1 Å². The lowest BCUT2D eigenvalue weighted by molar-refractivity contribution is -0.139. The molecule has 4 nitrogen and oxygen atoms in total. The molecule has 0 atom stereocenters. The van der Waals surface area contributed by atoms with E-state index in [0.29, 0.717) is 25.0 Å². The summed E-state index contributed by atoms with van der Waals surface area (Å²) in [6.45, 7) is 0. The smallest absolute Gasteiger partial charge is 0.311 e. The minimum atomic E-state index is -0.196. The van der Waals surface area contributed by atoms with Crippen LogP contribution in [0.4, 0.5) is 0 Å². The number of fused-ring (bicyclic) bond motifs is 3. The molecule has 2 aliphatic carbocycles. The largest absolute Gasteiger partial charge is 0.427 e. The summed E-state index contributed by atoms with van der Waals surface area (Å²) in [6.07, 6.45) is 15.4. The van der Waals surface area contributed by atoms with Crippen LogP contribution in [0, 0.1) is 0 Å². The monoisotopic (exact) mass is 516 g/mol. The fourth-order valence-electron chi connectivity index (χ4n) is 5.47. The maximum atomic E-state index is 12.4. The summed E-state index contributed by atoms with van der Waals surface area (Å²) in [5.74, 6) is 0.402. The van der Waals surface area contributed by atoms with E-state index in [0.717, 1.165) is 49.7 Å². The number of hydrogen-bond donors (Lipinski definition) is 0. The van der Waals surface area contributed by atoms with Gasteiger partial charge in [-0.15, -0.1) is 0 Å². The maximum Gasteiger partial charge on any atom is 0.311 e. The fraction of sp³-hybridized carbons (Fsp3) is 0.257. The van der Waals surface area contributed by atoms with Crippen molar-refractivity contribution in [2.45, 2.75) is 57.8 Å². The second-order valence-corrected chi connectivity index (χ2v) is 10.1. The lowest BCUT2D eigenvalue weighted by Gasteiger charge is -2.16. The van der Waals surface area contributed by atoms with E-state index < -0.39 is 0 Å². The molecular formula is C35H32O4. The number of ether oxygens (including phenoxy) is 1. The molecule has 3 aromatic carbocycles. The van der Waals surface area contributed by atoms with Gasteiger partial charge >= 0.3 is 5.97 Å². The molecule has 0 unspecified atom stereocenters. The SMILES string of the molecule is [O]c1ccc(-c2cccc3c2C(=C2C=CC(OC(=O)CCCCCCCC[C]=O)=CC2)c2ccccc2-3)cc1. The van der Waals surface area contributed by atoms with Gasteiger partial charge in [-0.3, -0.25) is 14.7 Å². The van der Waals surface area contributed by atoms with Crippen molar-refractivity contribution in [2.75, 3.05) is 0 Å². The van der Waals surface area contributed by atoms with Crippen LogP contribution in [-0.4, -0.2) is 12.3 Å². The molecule has 0 amide bonds. The molecule has 3 aromatic rings. The van der Waals surface area contributed by atoms with Crippen molar-refractivity contribution in [3.05, 3.63) is 107 Å². The molecule has 4 heteroatoms. The van der Waals surface area contributed by atoms with Crippen molar-refractivity contribution >= 4 is 17.8 Å². The van der Waals surface area contributed by atoms with Crippen molar-refractivity contribution in [2.24, 2.45) is 0 Å². The zero-order valence-corrected chi connectivity index (χ0v) is 22.1. The molecule has 0 N–H and O–H groups in total. The summed E-state index contributed by atoms with van der Waals surface area (Å²) in [6, 6.07) is 21.8. The van der Waals surface area contributed by atoms with Crippen molar-refractivity contribution < 1.29 is 19.4 Å². The first-order valence-electron chi connectivity index (χ1n) is 13.8. The van der Waals surface area contributed by atoms with Crippen LogP contribution in [0.1, 0.15) is 68.9 Å². The second-order valence-electron chi connectivity index (χ2n) is 10.1. The molecule has 0 aromatic heterocycles. The van der Waals surface area contributed by atoms with Crippen LogP contribution < -0.4 is 0 Å². The van der Waals surface area contributed by atoms with Crippen molar-refractivity contribution in [1.29, 1.82) is 0 Å². The Morgan fingerprint density at radius 3 is 2.18 bits per heavy atom. The average Bonchev–Trinajstić information content (AvgIpc) is 3.30. The minimum Gasteiger partial charge on any atom is -0.427 e. The highest BCUT2D eigenvalue weighted by Crippen LogP contribution is 2.50. The summed E-state index contributed by atoms with van der Waals surface area (Å²) in [5.41, 5.74) is 9.23. The molecule has 0 heterocycles. The molecule has 0 spiro atoms.